The van der Waals surface area contributed by atoms with Crippen LogP contribution in [0.1, 0.15) is 38.4 Å². The summed E-state index contributed by atoms with van der Waals surface area (Å²) in [6.07, 6.45) is 1.13. The molecule has 0 spiro atoms. The second-order valence-electron chi connectivity index (χ2n) is 4.29. The number of hydrogen-bond donors (Lipinski definition) is 1. The summed E-state index contributed by atoms with van der Waals surface area (Å²) < 4.78 is 0. The molecule has 0 aromatic heterocycles. The Balaban J connectivity index is 2.80. The van der Waals surface area contributed by atoms with E-state index in [2.05, 4.69) is 13.8 Å². The summed E-state index contributed by atoms with van der Waals surface area (Å²) in [6, 6.07) is 3.33. The van der Waals surface area contributed by atoms with Crippen molar-refractivity contribution in [3.05, 3.63) is 32.8 Å². The molecule has 1 unspecified atom stereocenters. The minimum absolute atomic E-state index is 0.336. The molecular formula is C12H15Cl3O. The number of halogens is 3. The average molecular weight is 282 g/mol. The van der Waals surface area contributed by atoms with Gasteiger partial charge >= 0.3 is 0 Å². The van der Waals surface area contributed by atoms with E-state index < -0.39 is 6.10 Å². The van der Waals surface area contributed by atoms with Gasteiger partial charge in [-0.2, -0.15) is 0 Å². The van der Waals surface area contributed by atoms with Gasteiger partial charge in [0.2, 0.25) is 0 Å². The molecule has 1 nitrogen and oxygen atoms in total. The first kappa shape index (κ1) is 14.1. The van der Waals surface area contributed by atoms with E-state index >= 15 is 0 Å². The van der Waals surface area contributed by atoms with E-state index in [1.54, 1.807) is 12.1 Å². The predicted molar refractivity (Wildman–Crippen MR) is 70.5 cm³/mol. The number of hydrogen-bond acceptors (Lipinski definition) is 1. The van der Waals surface area contributed by atoms with Crippen molar-refractivity contribution >= 4 is 34.8 Å². The van der Waals surface area contributed by atoms with Gasteiger partial charge in [-0.25, -0.2) is 0 Å². The number of aliphatic hydroxyl groups is 1. The first-order chi connectivity index (χ1) is 7.41. The van der Waals surface area contributed by atoms with Crippen LogP contribution < -0.4 is 0 Å². The molecule has 1 rings (SSSR count). The molecule has 0 aliphatic rings. The third-order valence-electron chi connectivity index (χ3n) is 2.41. The molecule has 0 aliphatic carbocycles. The highest BCUT2D eigenvalue weighted by Crippen LogP contribution is 2.34. The van der Waals surface area contributed by atoms with Crippen molar-refractivity contribution in [1.29, 1.82) is 0 Å². The van der Waals surface area contributed by atoms with Crippen molar-refractivity contribution in [3.63, 3.8) is 0 Å². The minimum atomic E-state index is -0.533. The second kappa shape index (κ2) is 6.11. The van der Waals surface area contributed by atoms with Crippen LogP contribution in [0.15, 0.2) is 12.1 Å². The number of benzene rings is 1. The molecule has 0 aliphatic heterocycles. The minimum Gasteiger partial charge on any atom is -0.388 e. The average Bonchev–Trinajstić information content (AvgIpc) is 2.21. The summed E-state index contributed by atoms with van der Waals surface area (Å²) in [5, 5.41) is 11.0. The smallest absolute Gasteiger partial charge is 0.0791 e. The van der Waals surface area contributed by atoms with Crippen molar-refractivity contribution < 1.29 is 5.11 Å². The fourth-order valence-electron chi connectivity index (χ4n) is 1.43. The summed E-state index contributed by atoms with van der Waals surface area (Å²) in [5.74, 6) is 0.563. The van der Waals surface area contributed by atoms with Gasteiger partial charge in [-0.15, -0.1) is 0 Å². The zero-order chi connectivity index (χ0) is 12.3. The zero-order valence-corrected chi connectivity index (χ0v) is 11.6. The standard InChI is InChI=1S/C12H15Cl3O/c1-7(2)3-4-11(16)8-5-9(13)12(15)10(14)6-8/h5-7,11,16H,3-4H2,1-2H3. The van der Waals surface area contributed by atoms with E-state index in [1.165, 1.54) is 0 Å². The van der Waals surface area contributed by atoms with Crippen molar-refractivity contribution in [2.75, 3.05) is 0 Å². The molecular weight excluding hydrogens is 266 g/mol. The van der Waals surface area contributed by atoms with Crippen molar-refractivity contribution in [2.45, 2.75) is 32.8 Å². The Bertz CT molecular complexity index is 340. The Morgan fingerprint density at radius 3 is 2.00 bits per heavy atom. The summed E-state index contributed by atoms with van der Waals surface area (Å²) >= 11 is 17.6. The SMILES string of the molecule is CC(C)CCC(O)c1cc(Cl)c(Cl)c(Cl)c1. The quantitative estimate of drug-likeness (QED) is 0.760. The molecule has 0 heterocycles. The van der Waals surface area contributed by atoms with Crippen molar-refractivity contribution in [1.82, 2.24) is 0 Å². The Morgan fingerprint density at radius 2 is 1.56 bits per heavy atom. The van der Waals surface area contributed by atoms with Crippen LogP contribution in [0.4, 0.5) is 0 Å². The van der Waals surface area contributed by atoms with Crippen LogP contribution in [0.25, 0.3) is 0 Å². The van der Waals surface area contributed by atoms with E-state index in [9.17, 15) is 5.11 Å². The highest BCUT2D eigenvalue weighted by Gasteiger charge is 2.13. The molecule has 0 amide bonds. The summed E-state index contributed by atoms with van der Waals surface area (Å²) in [7, 11) is 0. The zero-order valence-electron chi connectivity index (χ0n) is 9.30. The summed E-state index contributed by atoms with van der Waals surface area (Å²) in [5.41, 5.74) is 0.722. The predicted octanol–water partition coefficient (Wildman–Crippen LogP) is 5.12. The molecule has 1 aromatic carbocycles. The Labute approximate surface area is 111 Å². The van der Waals surface area contributed by atoms with E-state index in [-0.39, 0.29) is 0 Å². The van der Waals surface area contributed by atoms with Crippen LogP contribution in [-0.2, 0) is 0 Å². The first-order valence-electron chi connectivity index (χ1n) is 5.24. The van der Waals surface area contributed by atoms with Gasteiger partial charge in [-0.1, -0.05) is 48.7 Å². The van der Waals surface area contributed by atoms with Crippen LogP contribution >= 0.6 is 34.8 Å². The Kier molecular flexibility index (Phi) is 5.39. The number of rotatable bonds is 4. The van der Waals surface area contributed by atoms with Crippen LogP contribution in [0.3, 0.4) is 0 Å². The third-order valence-corrected chi connectivity index (χ3v) is 3.61. The molecule has 90 valence electrons. The molecule has 1 N–H and O–H groups in total. The fourth-order valence-corrected chi connectivity index (χ4v) is 2.04. The van der Waals surface area contributed by atoms with E-state index in [0.717, 1.165) is 12.0 Å². The van der Waals surface area contributed by atoms with Gasteiger partial charge in [-0.05, 0) is 36.5 Å². The van der Waals surface area contributed by atoms with Gasteiger partial charge in [0.15, 0.2) is 0 Å². The van der Waals surface area contributed by atoms with E-state index in [4.69, 9.17) is 34.8 Å². The van der Waals surface area contributed by atoms with Gasteiger partial charge < -0.3 is 5.11 Å². The molecule has 16 heavy (non-hydrogen) atoms. The van der Waals surface area contributed by atoms with Crippen LogP contribution in [-0.4, -0.2) is 5.11 Å². The lowest BCUT2D eigenvalue weighted by atomic mass is 10.00. The molecule has 1 aromatic rings. The maximum absolute atomic E-state index is 9.95. The maximum atomic E-state index is 9.95. The lowest BCUT2D eigenvalue weighted by molar-refractivity contribution is 0.159. The summed E-state index contributed by atoms with van der Waals surface area (Å²) in [4.78, 5) is 0. The first-order valence-corrected chi connectivity index (χ1v) is 6.37. The molecule has 0 saturated carbocycles. The maximum Gasteiger partial charge on any atom is 0.0791 e. The number of aliphatic hydroxyl groups excluding tert-OH is 1. The molecule has 1 atom stereocenters. The molecule has 0 saturated heterocycles. The van der Waals surface area contributed by atoms with E-state index in [0.29, 0.717) is 27.4 Å². The topological polar surface area (TPSA) is 20.2 Å². The van der Waals surface area contributed by atoms with Crippen LogP contribution in [0.5, 0.6) is 0 Å². The molecule has 0 bridgehead atoms. The Morgan fingerprint density at radius 1 is 1.06 bits per heavy atom. The largest absolute Gasteiger partial charge is 0.388 e. The van der Waals surface area contributed by atoms with E-state index in [1.807, 2.05) is 0 Å². The van der Waals surface area contributed by atoms with Crippen molar-refractivity contribution in [2.24, 2.45) is 5.92 Å². The van der Waals surface area contributed by atoms with Gasteiger partial charge in [0.05, 0.1) is 21.2 Å². The second-order valence-corrected chi connectivity index (χ2v) is 5.48. The third kappa shape index (κ3) is 3.81. The molecule has 0 radical (unpaired) electrons. The lowest BCUT2D eigenvalue weighted by Gasteiger charge is -2.14. The van der Waals surface area contributed by atoms with Crippen LogP contribution in [0, 0.1) is 5.92 Å². The van der Waals surface area contributed by atoms with Crippen molar-refractivity contribution in [3.8, 4) is 0 Å². The lowest BCUT2D eigenvalue weighted by Crippen LogP contribution is -2.00. The summed E-state index contributed by atoms with van der Waals surface area (Å²) in [6.45, 7) is 4.24. The monoisotopic (exact) mass is 280 g/mol. The van der Waals surface area contributed by atoms with Gasteiger partial charge in [0.1, 0.15) is 0 Å². The highest BCUT2D eigenvalue weighted by molar-refractivity contribution is 6.48. The highest BCUT2D eigenvalue weighted by atomic mass is 35.5. The van der Waals surface area contributed by atoms with Gasteiger partial charge in [0, 0.05) is 0 Å². The Hall–Kier alpha value is 0.0500. The van der Waals surface area contributed by atoms with Gasteiger partial charge in [-0.3, -0.25) is 0 Å². The molecule has 4 heteroatoms. The van der Waals surface area contributed by atoms with Gasteiger partial charge in [0.25, 0.3) is 0 Å². The fraction of sp³-hybridized carbons (Fsp3) is 0.500. The normalized spacial score (nSPS) is 13.2. The van der Waals surface area contributed by atoms with Crippen LogP contribution in [0.2, 0.25) is 15.1 Å². The molecule has 0 fully saturated rings.